The smallest absolute Gasteiger partial charge is 0.255 e. The fourth-order valence-corrected chi connectivity index (χ4v) is 3.79. The van der Waals surface area contributed by atoms with E-state index in [0.29, 0.717) is 28.1 Å². The maximum atomic E-state index is 12.7. The molecule has 0 radical (unpaired) electrons. The summed E-state index contributed by atoms with van der Waals surface area (Å²) in [6, 6.07) is 3.56. The minimum atomic E-state index is -0.130. The van der Waals surface area contributed by atoms with Crippen molar-refractivity contribution in [3.63, 3.8) is 0 Å². The summed E-state index contributed by atoms with van der Waals surface area (Å²) in [5.74, 6) is 1.41. The standard InChI is InChI=1S/C17H25NO4S/c1-20-14-10-16(22-3)15(21-2)9-13(14)17(19)18-11-6-5-7-12(8-11)23-4/h9-12H,5-8H2,1-4H3,(H,18,19)/t11-,12+/m0/s1. The minimum absolute atomic E-state index is 0.130. The van der Waals surface area contributed by atoms with Gasteiger partial charge in [-0.1, -0.05) is 6.42 Å². The first-order valence-corrected chi connectivity index (χ1v) is 9.05. The number of hydrogen-bond acceptors (Lipinski definition) is 5. The molecule has 5 nitrogen and oxygen atoms in total. The lowest BCUT2D eigenvalue weighted by Crippen LogP contribution is -2.39. The topological polar surface area (TPSA) is 56.8 Å². The Bertz CT molecular complexity index is 550. The van der Waals surface area contributed by atoms with E-state index >= 15 is 0 Å². The number of hydrogen-bond donors (Lipinski definition) is 1. The Morgan fingerprint density at radius 3 is 2.35 bits per heavy atom. The van der Waals surface area contributed by atoms with E-state index in [2.05, 4.69) is 11.6 Å². The van der Waals surface area contributed by atoms with Crippen LogP contribution in [0.4, 0.5) is 0 Å². The molecule has 0 aromatic heterocycles. The zero-order valence-electron chi connectivity index (χ0n) is 14.2. The molecular weight excluding hydrogens is 314 g/mol. The highest BCUT2D eigenvalue weighted by Gasteiger charge is 2.25. The molecule has 128 valence electrons. The van der Waals surface area contributed by atoms with E-state index in [1.54, 1.807) is 33.5 Å². The lowest BCUT2D eigenvalue weighted by Gasteiger charge is -2.28. The van der Waals surface area contributed by atoms with Gasteiger partial charge in [0.05, 0.1) is 26.9 Å². The van der Waals surface area contributed by atoms with E-state index in [1.165, 1.54) is 6.42 Å². The van der Waals surface area contributed by atoms with E-state index in [9.17, 15) is 4.79 Å². The van der Waals surface area contributed by atoms with Crippen molar-refractivity contribution < 1.29 is 19.0 Å². The largest absolute Gasteiger partial charge is 0.496 e. The average molecular weight is 339 g/mol. The van der Waals surface area contributed by atoms with Crippen LogP contribution in [0.2, 0.25) is 0 Å². The molecule has 0 aliphatic heterocycles. The van der Waals surface area contributed by atoms with Gasteiger partial charge in [-0.05, 0) is 25.5 Å². The number of rotatable bonds is 6. The summed E-state index contributed by atoms with van der Waals surface area (Å²) in [6.07, 6.45) is 6.56. The van der Waals surface area contributed by atoms with Crippen molar-refractivity contribution >= 4 is 17.7 Å². The normalized spacial score (nSPS) is 20.7. The van der Waals surface area contributed by atoms with Gasteiger partial charge in [0.25, 0.3) is 5.91 Å². The van der Waals surface area contributed by atoms with Gasteiger partial charge in [-0.3, -0.25) is 4.79 Å². The Balaban J connectivity index is 2.17. The minimum Gasteiger partial charge on any atom is -0.496 e. The molecule has 6 heteroatoms. The lowest BCUT2D eigenvalue weighted by atomic mass is 9.94. The second-order valence-electron chi connectivity index (χ2n) is 5.60. The molecule has 0 spiro atoms. The highest BCUT2D eigenvalue weighted by atomic mass is 32.2. The Morgan fingerprint density at radius 1 is 1.09 bits per heavy atom. The maximum Gasteiger partial charge on any atom is 0.255 e. The van der Waals surface area contributed by atoms with Gasteiger partial charge < -0.3 is 19.5 Å². The molecule has 1 N–H and O–H groups in total. The van der Waals surface area contributed by atoms with Gasteiger partial charge in [-0.2, -0.15) is 11.8 Å². The van der Waals surface area contributed by atoms with Gasteiger partial charge in [-0.15, -0.1) is 0 Å². The van der Waals surface area contributed by atoms with Crippen molar-refractivity contribution in [2.24, 2.45) is 0 Å². The van der Waals surface area contributed by atoms with Crippen LogP contribution in [0.1, 0.15) is 36.0 Å². The third-order valence-corrected chi connectivity index (χ3v) is 5.34. The van der Waals surface area contributed by atoms with Crippen molar-refractivity contribution in [1.82, 2.24) is 5.32 Å². The highest BCUT2D eigenvalue weighted by Crippen LogP contribution is 2.35. The second-order valence-corrected chi connectivity index (χ2v) is 6.74. The van der Waals surface area contributed by atoms with Gasteiger partial charge in [0.15, 0.2) is 11.5 Å². The fraction of sp³-hybridized carbons (Fsp3) is 0.588. The summed E-state index contributed by atoms with van der Waals surface area (Å²) in [6.45, 7) is 0. The summed E-state index contributed by atoms with van der Waals surface area (Å²) >= 11 is 1.88. The van der Waals surface area contributed by atoms with Crippen LogP contribution in [0.3, 0.4) is 0 Å². The van der Waals surface area contributed by atoms with E-state index in [-0.39, 0.29) is 11.9 Å². The predicted molar refractivity (Wildman–Crippen MR) is 93.1 cm³/mol. The Labute approximate surface area is 142 Å². The Morgan fingerprint density at radius 2 is 1.74 bits per heavy atom. The SMILES string of the molecule is COc1cc(OC)c(C(=O)N[C@H]2CCC[C@@H](SC)C2)cc1OC. The predicted octanol–water partition coefficient (Wildman–Crippen LogP) is 3.12. The third-order valence-electron chi connectivity index (χ3n) is 4.24. The zero-order valence-corrected chi connectivity index (χ0v) is 15.0. The summed E-state index contributed by atoms with van der Waals surface area (Å²) in [5, 5.41) is 3.76. The lowest BCUT2D eigenvalue weighted by molar-refractivity contribution is 0.0925. The zero-order chi connectivity index (χ0) is 16.8. The molecular formula is C17H25NO4S. The molecule has 0 unspecified atom stereocenters. The van der Waals surface area contributed by atoms with Gasteiger partial charge in [0.2, 0.25) is 0 Å². The van der Waals surface area contributed by atoms with Crippen LogP contribution in [-0.4, -0.2) is 44.8 Å². The van der Waals surface area contributed by atoms with Crippen molar-refractivity contribution in [3.8, 4) is 17.2 Å². The van der Waals surface area contributed by atoms with Crippen LogP contribution in [0.15, 0.2) is 12.1 Å². The molecule has 1 aliphatic rings. The molecule has 0 bridgehead atoms. The summed E-state index contributed by atoms with van der Waals surface area (Å²) in [5.41, 5.74) is 0.469. The second kappa shape index (κ2) is 8.34. The van der Waals surface area contributed by atoms with Gasteiger partial charge in [-0.25, -0.2) is 0 Å². The number of methoxy groups -OCH3 is 3. The van der Waals surface area contributed by atoms with Crippen molar-refractivity contribution in [1.29, 1.82) is 0 Å². The average Bonchev–Trinajstić information content (AvgIpc) is 2.60. The van der Waals surface area contributed by atoms with Crippen molar-refractivity contribution in [2.75, 3.05) is 27.6 Å². The summed E-state index contributed by atoms with van der Waals surface area (Å²) in [4.78, 5) is 12.7. The Kier molecular flexibility index (Phi) is 6.45. The number of ether oxygens (including phenoxy) is 3. The summed E-state index contributed by atoms with van der Waals surface area (Å²) < 4.78 is 15.9. The van der Waals surface area contributed by atoms with Gasteiger partial charge >= 0.3 is 0 Å². The molecule has 1 aliphatic carbocycles. The molecule has 23 heavy (non-hydrogen) atoms. The van der Waals surface area contributed by atoms with Gasteiger partial charge in [0.1, 0.15) is 5.75 Å². The molecule has 1 aromatic carbocycles. The van der Waals surface area contributed by atoms with E-state index in [4.69, 9.17) is 14.2 Å². The molecule has 1 amide bonds. The molecule has 1 aromatic rings. The number of carbonyl (C=O) groups is 1. The van der Waals surface area contributed by atoms with E-state index < -0.39 is 0 Å². The van der Waals surface area contributed by atoms with E-state index in [1.807, 2.05) is 11.8 Å². The molecule has 1 fully saturated rings. The molecule has 2 atom stereocenters. The molecule has 2 rings (SSSR count). The number of nitrogens with one attached hydrogen (secondary N) is 1. The quantitative estimate of drug-likeness (QED) is 0.863. The molecule has 0 saturated heterocycles. The monoisotopic (exact) mass is 339 g/mol. The Hall–Kier alpha value is -1.56. The number of carbonyl (C=O) groups excluding carboxylic acids is 1. The number of thioether (sulfide) groups is 1. The van der Waals surface area contributed by atoms with Crippen LogP contribution in [0.25, 0.3) is 0 Å². The first-order valence-electron chi connectivity index (χ1n) is 7.76. The van der Waals surface area contributed by atoms with Crippen LogP contribution < -0.4 is 19.5 Å². The molecule has 1 saturated carbocycles. The number of benzene rings is 1. The first kappa shape index (κ1) is 17.8. The van der Waals surface area contributed by atoms with E-state index in [0.717, 1.165) is 19.3 Å². The third kappa shape index (κ3) is 4.25. The van der Waals surface area contributed by atoms with Crippen LogP contribution >= 0.6 is 11.8 Å². The van der Waals surface area contributed by atoms with Crippen molar-refractivity contribution in [3.05, 3.63) is 17.7 Å². The van der Waals surface area contributed by atoms with Gasteiger partial charge in [0, 0.05) is 23.4 Å². The summed E-state index contributed by atoms with van der Waals surface area (Å²) in [7, 11) is 4.65. The number of amides is 1. The van der Waals surface area contributed by atoms with Crippen LogP contribution in [0, 0.1) is 0 Å². The van der Waals surface area contributed by atoms with Crippen LogP contribution in [-0.2, 0) is 0 Å². The van der Waals surface area contributed by atoms with Crippen molar-refractivity contribution in [2.45, 2.75) is 37.0 Å². The first-order chi connectivity index (χ1) is 11.1. The highest BCUT2D eigenvalue weighted by molar-refractivity contribution is 7.99. The van der Waals surface area contributed by atoms with Crippen LogP contribution in [0.5, 0.6) is 17.2 Å². The fourth-order valence-electron chi connectivity index (χ4n) is 2.96. The maximum absolute atomic E-state index is 12.7. The molecule has 0 heterocycles.